The highest BCUT2D eigenvalue weighted by Gasteiger charge is 2.16. The second-order valence-corrected chi connectivity index (χ2v) is 7.82. The van der Waals surface area contributed by atoms with Crippen LogP contribution in [-0.2, 0) is 11.2 Å². The number of anilines is 2. The summed E-state index contributed by atoms with van der Waals surface area (Å²) in [6, 6.07) is 15.1. The number of amides is 1. The molecule has 0 saturated carbocycles. The van der Waals surface area contributed by atoms with Crippen molar-refractivity contribution in [2.75, 3.05) is 42.9 Å². The Hall–Kier alpha value is -2.59. The fraction of sp³-hybridized carbons (Fsp3) is 0.375. The second kappa shape index (κ2) is 8.61. The number of hydrogen-bond acceptors (Lipinski definition) is 3. The van der Waals surface area contributed by atoms with Crippen LogP contribution in [0.5, 0.6) is 0 Å². The first-order valence-electron chi connectivity index (χ1n) is 10.3. The van der Waals surface area contributed by atoms with Crippen LogP contribution in [-0.4, -0.2) is 43.5 Å². The van der Waals surface area contributed by atoms with Gasteiger partial charge in [-0.3, -0.25) is 9.69 Å². The van der Waals surface area contributed by atoms with Crippen molar-refractivity contribution in [3.63, 3.8) is 0 Å². The van der Waals surface area contributed by atoms with Crippen LogP contribution in [0.1, 0.15) is 29.5 Å². The Labute approximate surface area is 167 Å². The van der Waals surface area contributed by atoms with Crippen molar-refractivity contribution >= 4 is 23.4 Å². The largest absolute Gasteiger partial charge is 0.369 e. The number of carbonyl (C=O) groups excluding carboxylic acids is 1. The van der Waals surface area contributed by atoms with Crippen molar-refractivity contribution in [3.8, 4) is 0 Å². The Kier molecular flexibility index (Phi) is 5.77. The minimum atomic E-state index is 0.123. The smallest absolute Gasteiger partial charge is 0.224 e. The fourth-order valence-corrected chi connectivity index (χ4v) is 4.04. The maximum absolute atomic E-state index is 11.5. The molecule has 0 bridgehead atoms. The highest BCUT2D eigenvalue weighted by molar-refractivity contribution is 5.94. The molecule has 2 aliphatic heterocycles. The number of piperazine rings is 1. The van der Waals surface area contributed by atoms with Gasteiger partial charge in [0.05, 0.1) is 0 Å². The molecule has 1 amide bonds. The number of carbonyl (C=O) groups is 1. The summed E-state index contributed by atoms with van der Waals surface area (Å²) in [4.78, 5) is 16.5. The first kappa shape index (κ1) is 18.8. The number of nitrogens with zero attached hydrogens (tertiary/aromatic N) is 2. The van der Waals surface area contributed by atoms with Crippen LogP contribution in [0.25, 0.3) is 6.08 Å². The third kappa shape index (κ3) is 4.63. The molecule has 1 N–H and O–H groups in total. The monoisotopic (exact) mass is 375 g/mol. The molecule has 28 heavy (non-hydrogen) atoms. The maximum atomic E-state index is 11.5. The van der Waals surface area contributed by atoms with Gasteiger partial charge in [-0.05, 0) is 60.7 Å². The summed E-state index contributed by atoms with van der Waals surface area (Å²) in [5.41, 5.74) is 6.12. The lowest BCUT2D eigenvalue weighted by molar-refractivity contribution is -0.116. The van der Waals surface area contributed by atoms with Gasteiger partial charge >= 0.3 is 0 Å². The topological polar surface area (TPSA) is 35.6 Å². The molecule has 146 valence electrons. The van der Waals surface area contributed by atoms with Gasteiger partial charge in [-0.2, -0.15) is 0 Å². The van der Waals surface area contributed by atoms with E-state index in [1.165, 1.54) is 22.4 Å². The van der Waals surface area contributed by atoms with Crippen LogP contribution in [0.2, 0.25) is 0 Å². The van der Waals surface area contributed by atoms with Crippen molar-refractivity contribution in [2.45, 2.75) is 26.2 Å². The highest BCUT2D eigenvalue weighted by atomic mass is 16.1. The molecule has 0 aliphatic carbocycles. The van der Waals surface area contributed by atoms with Gasteiger partial charge in [0.25, 0.3) is 0 Å². The average Bonchev–Trinajstić information content (AvgIpc) is 2.72. The van der Waals surface area contributed by atoms with Crippen molar-refractivity contribution < 1.29 is 4.79 Å². The highest BCUT2D eigenvalue weighted by Crippen LogP contribution is 2.24. The molecule has 0 atom stereocenters. The minimum absolute atomic E-state index is 0.123. The molecule has 0 spiro atoms. The van der Waals surface area contributed by atoms with Crippen LogP contribution < -0.4 is 10.2 Å². The van der Waals surface area contributed by atoms with Crippen LogP contribution in [0.3, 0.4) is 0 Å². The number of aryl methyl sites for hydroxylation is 2. The molecule has 0 aromatic heterocycles. The zero-order valence-corrected chi connectivity index (χ0v) is 16.7. The molecule has 2 aliphatic rings. The number of nitrogens with one attached hydrogen (secondary N) is 1. The summed E-state index contributed by atoms with van der Waals surface area (Å²) in [7, 11) is 0. The Morgan fingerprint density at radius 1 is 1.04 bits per heavy atom. The van der Waals surface area contributed by atoms with E-state index in [4.69, 9.17) is 0 Å². The lowest BCUT2D eigenvalue weighted by atomic mass is 10.00. The number of rotatable bonds is 5. The molecule has 2 aromatic carbocycles. The predicted octanol–water partition coefficient (Wildman–Crippen LogP) is 4.11. The van der Waals surface area contributed by atoms with Crippen LogP contribution in [0.15, 0.2) is 48.5 Å². The van der Waals surface area contributed by atoms with Crippen molar-refractivity contribution in [1.82, 2.24) is 4.90 Å². The number of benzene rings is 2. The standard InChI is InChI=1S/C24H29N3O/c1-19-5-4-7-22(17-19)27-15-13-26(14-16-27)12-3-2-6-20-8-10-23-21(18-20)9-11-24(28)25-23/h2,4-8,10,17-18H,3,9,11-16H2,1H3,(H,25,28). The van der Waals surface area contributed by atoms with Gasteiger partial charge < -0.3 is 10.2 Å². The van der Waals surface area contributed by atoms with Gasteiger partial charge in [0, 0.05) is 50.5 Å². The van der Waals surface area contributed by atoms with Gasteiger partial charge in [0.1, 0.15) is 0 Å². The summed E-state index contributed by atoms with van der Waals surface area (Å²) >= 11 is 0. The Morgan fingerprint density at radius 3 is 2.71 bits per heavy atom. The van der Waals surface area contributed by atoms with E-state index in [0.29, 0.717) is 6.42 Å². The van der Waals surface area contributed by atoms with Gasteiger partial charge in [-0.15, -0.1) is 0 Å². The molecule has 0 unspecified atom stereocenters. The van der Waals surface area contributed by atoms with Crippen molar-refractivity contribution in [3.05, 3.63) is 65.2 Å². The van der Waals surface area contributed by atoms with Crippen molar-refractivity contribution in [1.29, 1.82) is 0 Å². The fourth-order valence-electron chi connectivity index (χ4n) is 4.04. The van der Waals surface area contributed by atoms with Crippen LogP contribution >= 0.6 is 0 Å². The van der Waals surface area contributed by atoms with Gasteiger partial charge in [-0.25, -0.2) is 0 Å². The summed E-state index contributed by atoms with van der Waals surface area (Å²) < 4.78 is 0. The molecule has 4 heteroatoms. The Balaban J connectivity index is 1.23. The molecule has 4 nitrogen and oxygen atoms in total. The lowest BCUT2D eigenvalue weighted by Gasteiger charge is -2.36. The zero-order valence-electron chi connectivity index (χ0n) is 16.7. The first-order chi connectivity index (χ1) is 13.7. The second-order valence-electron chi connectivity index (χ2n) is 7.82. The average molecular weight is 376 g/mol. The third-order valence-electron chi connectivity index (χ3n) is 5.69. The lowest BCUT2D eigenvalue weighted by Crippen LogP contribution is -2.46. The van der Waals surface area contributed by atoms with Crippen LogP contribution in [0.4, 0.5) is 11.4 Å². The molecule has 2 aromatic rings. The third-order valence-corrected chi connectivity index (χ3v) is 5.69. The van der Waals surface area contributed by atoms with E-state index in [9.17, 15) is 4.79 Å². The minimum Gasteiger partial charge on any atom is -0.369 e. The Morgan fingerprint density at radius 2 is 1.89 bits per heavy atom. The van der Waals surface area contributed by atoms with E-state index in [2.05, 4.69) is 70.6 Å². The molecular formula is C24H29N3O. The maximum Gasteiger partial charge on any atom is 0.224 e. The van der Waals surface area contributed by atoms with Gasteiger partial charge in [0.2, 0.25) is 5.91 Å². The predicted molar refractivity (Wildman–Crippen MR) is 117 cm³/mol. The first-order valence-corrected chi connectivity index (χ1v) is 10.3. The summed E-state index contributed by atoms with van der Waals surface area (Å²) in [5.74, 6) is 0.123. The van der Waals surface area contributed by atoms with Gasteiger partial charge in [-0.1, -0.05) is 30.4 Å². The number of hydrogen-bond donors (Lipinski definition) is 1. The van der Waals surface area contributed by atoms with E-state index < -0.39 is 0 Å². The SMILES string of the molecule is Cc1cccc(N2CCN(CCC=Cc3ccc4c(c3)CCC(=O)N4)CC2)c1. The quantitative estimate of drug-likeness (QED) is 0.854. The van der Waals surface area contributed by atoms with Crippen molar-refractivity contribution in [2.24, 2.45) is 0 Å². The van der Waals surface area contributed by atoms with E-state index in [1.54, 1.807) is 0 Å². The molecule has 0 radical (unpaired) electrons. The molecule has 2 heterocycles. The molecule has 4 rings (SSSR count). The zero-order chi connectivity index (χ0) is 19.3. The molecule has 1 saturated heterocycles. The van der Waals surface area contributed by atoms with Crippen LogP contribution in [0, 0.1) is 6.92 Å². The normalized spacial score (nSPS) is 17.6. The van der Waals surface area contributed by atoms with Gasteiger partial charge in [0.15, 0.2) is 0 Å². The van der Waals surface area contributed by atoms with E-state index in [-0.39, 0.29) is 5.91 Å². The summed E-state index contributed by atoms with van der Waals surface area (Å²) in [6.07, 6.45) is 6.98. The van der Waals surface area contributed by atoms with E-state index >= 15 is 0 Å². The van der Waals surface area contributed by atoms with E-state index in [1.807, 2.05) is 6.07 Å². The Bertz CT molecular complexity index is 866. The van der Waals surface area contributed by atoms with E-state index in [0.717, 1.165) is 51.3 Å². The summed E-state index contributed by atoms with van der Waals surface area (Å²) in [6.45, 7) is 7.72. The molecular weight excluding hydrogens is 346 g/mol. The number of fused-ring (bicyclic) bond motifs is 1. The molecule has 1 fully saturated rings. The summed E-state index contributed by atoms with van der Waals surface area (Å²) in [5, 5.41) is 2.94.